The van der Waals surface area contributed by atoms with Crippen molar-refractivity contribution in [3.63, 3.8) is 0 Å². The Labute approximate surface area is 197 Å². The van der Waals surface area contributed by atoms with Crippen LogP contribution in [0.4, 0.5) is 5.69 Å². The van der Waals surface area contributed by atoms with Crippen molar-refractivity contribution < 1.29 is 9.59 Å². The summed E-state index contributed by atoms with van der Waals surface area (Å²) in [6.45, 7) is 3.15. The second kappa shape index (κ2) is 11.7. The van der Waals surface area contributed by atoms with Gasteiger partial charge in [0.2, 0.25) is 0 Å². The predicted octanol–water partition coefficient (Wildman–Crippen LogP) is 8.11. The quantitative estimate of drug-likeness (QED) is 0.375. The molecule has 2 aliphatic rings. The Morgan fingerprint density at radius 1 is 0.719 bits per heavy atom. The third-order valence-corrected chi connectivity index (χ3v) is 7.32. The highest BCUT2D eigenvalue weighted by molar-refractivity contribution is 6.31. The van der Waals surface area contributed by atoms with Crippen LogP contribution in [0, 0.1) is 0 Å². The van der Waals surface area contributed by atoms with E-state index < -0.39 is 0 Å². The number of hydrogen-bond donors (Lipinski definition) is 1. The third kappa shape index (κ3) is 6.45. The molecule has 0 aliphatic heterocycles. The molecule has 2 fully saturated rings. The van der Waals surface area contributed by atoms with Crippen molar-refractivity contribution in [2.75, 3.05) is 5.73 Å². The number of halogens is 1. The van der Waals surface area contributed by atoms with E-state index in [9.17, 15) is 9.59 Å². The first kappa shape index (κ1) is 24.5. The van der Waals surface area contributed by atoms with Crippen LogP contribution in [-0.4, -0.2) is 11.6 Å². The minimum absolute atomic E-state index is 0.0806. The molecule has 4 heteroatoms. The lowest BCUT2D eigenvalue weighted by Gasteiger charge is -2.23. The van der Waals surface area contributed by atoms with Crippen molar-refractivity contribution in [2.45, 2.75) is 89.9 Å². The molecule has 0 unspecified atom stereocenters. The van der Waals surface area contributed by atoms with Crippen LogP contribution < -0.4 is 5.73 Å². The molecule has 0 aromatic heterocycles. The molecule has 2 aromatic carbocycles. The van der Waals surface area contributed by atoms with Gasteiger partial charge in [0.05, 0.1) is 0 Å². The van der Waals surface area contributed by atoms with Crippen molar-refractivity contribution in [1.29, 1.82) is 0 Å². The summed E-state index contributed by atoms with van der Waals surface area (Å²) < 4.78 is 0. The minimum atomic E-state index is 0.0806. The molecule has 0 heterocycles. The predicted molar refractivity (Wildman–Crippen MR) is 134 cm³/mol. The zero-order chi connectivity index (χ0) is 23.1. The molecule has 0 spiro atoms. The Kier molecular flexibility index (Phi) is 8.92. The summed E-state index contributed by atoms with van der Waals surface area (Å²) in [6, 6.07) is 11.5. The van der Waals surface area contributed by atoms with Gasteiger partial charge in [0.1, 0.15) is 0 Å². The topological polar surface area (TPSA) is 60.2 Å². The van der Waals surface area contributed by atoms with Gasteiger partial charge in [-0.05, 0) is 74.6 Å². The monoisotopic (exact) mass is 453 g/mol. The second-order valence-corrected chi connectivity index (χ2v) is 9.77. The Bertz CT molecular complexity index is 863. The Hall–Kier alpha value is -2.13. The molecule has 2 N–H and O–H groups in total. The normalized spacial score (nSPS) is 17.3. The van der Waals surface area contributed by atoms with Crippen molar-refractivity contribution in [1.82, 2.24) is 0 Å². The van der Waals surface area contributed by atoms with Crippen molar-refractivity contribution in [3.05, 3.63) is 63.7 Å². The van der Waals surface area contributed by atoms with Crippen molar-refractivity contribution >= 4 is 28.9 Å². The van der Waals surface area contributed by atoms with Crippen LogP contribution in [0.5, 0.6) is 0 Å². The fourth-order valence-corrected chi connectivity index (χ4v) is 5.40. The number of ketones is 2. The van der Waals surface area contributed by atoms with E-state index in [4.69, 9.17) is 17.3 Å². The lowest BCUT2D eigenvalue weighted by Crippen LogP contribution is -2.08. The van der Waals surface area contributed by atoms with Crippen LogP contribution >= 0.6 is 11.6 Å². The van der Waals surface area contributed by atoms with E-state index in [1.807, 2.05) is 36.4 Å². The number of nitrogen functional groups attached to an aromatic ring is 1. The summed E-state index contributed by atoms with van der Waals surface area (Å²) in [5.74, 6) is 1.37. The average Bonchev–Trinajstić information content (AvgIpc) is 2.80. The van der Waals surface area contributed by atoms with Crippen LogP contribution in [0.25, 0.3) is 0 Å². The van der Waals surface area contributed by atoms with Gasteiger partial charge in [-0.1, -0.05) is 74.4 Å². The number of rotatable bonds is 4. The standard InChI is InChI=1S/C14H17ClO.C14H19NO/c2*1-10(16)12-7-8-13(14(15)9-12)11-5-3-2-4-6-11/h7-9,11H,2-6H2,1H3;7-9,11H,2-6,15H2,1H3. The first-order valence-corrected chi connectivity index (χ1v) is 12.5. The summed E-state index contributed by atoms with van der Waals surface area (Å²) in [5.41, 5.74) is 10.7. The van der Waals surface area contributed by atoms with E-state index in [-0.39, 0.29) is 11.6 Å². The van der Waals surface area contributed by atoms with Gasteiger partial charge < -0.3 is 5.73 Å². The van der Waals surface area contributed by atoms with Crippen LogP contribution in [0.2, 0.25) is 5.02 Å². The van der Waals surface area contributed by atoms with Crippen LogP contribution in [0.3, 0.4) is 0 Å². The molecular weight excluding hydrogens is 418 g/mol. The largest absolute Gasteiger partial charge is 0.398 e. The molecule has 3 nitrogen and oxygen atoms in total. The van der Waals surface area contributed by atoms with Gasteiger partial charge in [0.25, 0.3) is 0 Å². The number of Topliss-reactive ketones (excluding diaryl/α,β-unsaturated/α-hetero) is 2. The molecule has 0 atom stereocenters. The van der Waals surface area contributed by atoms with Crippen molar-refractivity contribution in [3.8, 4) is 0 Å². The van der Waals surface area contributed by atoms with E-state index in [2.05, 4.69) is 0 Å². The van der Waals surface area contributed by atoms with Gasteiger partial charge in [-0.25, -0.2) is 0 Å². The minimum Gasteiger partial charge on any atom is -0.398 e. The summed E-state index contributed by atoms with van der Waals surface area (Å²) >= 11 is 6.25. The third-order valence-electron chi connectivity index (χ3n) is 6.99. The first-order valence-electron chi connectivity index (χ1n) is 12.1. The molecule has 172 valence electrons. The Morgan fingerprint density at radius 2 is 1.16 bits per heavy atom. The second-order valence-electron chi connectivity index (χ2n) is 9.36. The molecule has 2 aliphatic carbocycles. The fourth-order valence-electron chi connectivity index (χ4n) is 5.07. The van der Waals surface area contributed by atoms with E-state index in [0.717, 1.165) is 16.3 Å². The van der Waals surface area contributed by atoms with Crippen LogP contribution in [0.1, 0.15) is 122 Å². The lowest BCUT2D eigenvalue weighted by molar-refractivity contribution is 0.100. The van der Waals surface area contributed by atoms with Gasteiger partial charge in [0.15, 0.2) is 11.6 Å². The molecule has 2 aromatic rings. The van der Waals surface area contributed by atoms with E-state index >= 15 is 0 Å². The van der Waals surface area contributed by atoms with Gasteiger partial charge in [0, 0.05) is 21.8 Å². The molecule has 4 rings (SSSR count). The first-order chi connectivity index (χ1) is 15.4. The zero-order valence-corrected chi connectivity index (χ0v) is 20.2. The molecule has 2 saturated carbocycles. The van der Waals surface area contributed by atoms with Gasteiger partial charge >= 0.3 is 0 Å². The number of carbonyl (C=O) groups excluding carboxylic acids is 2. The van der Waals surface area contributed by atoms with Crippen molar-refractivity contribution in [2.24, 2.45) is 0 Å². The Balaban J connectivity index is 0.000000181. The highest BCUT2D eigenvalue weighted by Gasteiger charge is 2.19. The van der Waals surface area contributed by atoms with Crippen LogP contribution in [0.15, 0.2) is 36.4 Å². The maximum Gasteiger partial charge on any atom is 0.159 e. The number of benzene rings is 2. The Morgan fingerprint density at radius 3 is 1.59 bits per heavy atom. The average molecular weight is 454 g/mol. The fraction of sp³-hybridized carbons (Fsp3) is 0.500. The zero-order valence-electron chi connectivity index (χ0n) is 19.5. The summed E-state index contributed by atoms with van der Waals surface area (Å²) in [7, 11) is 0. The molecule has 0 radical (unpaired) electrons. The highest BCUT2D eigenvalue weighted by atomic mass is 35.5. The smallest absolute Gasteiger partial charge is 0.159 e. The van der Waals surface area contributed by atoms with Gasteiger partial charge in [-0.2, -0.15) is 0 Å². The number of nitrogens with two attached hydrogens (primary N) is 1. The van der Waals surface area contributed by atoms with Gasteiger partial charge in [-0.15, -0.1) is 0 Å². The number of carbonyl (C=O) groups is 2. The van der Waals surface area contributed by atoms with E-state index in [1.54, 1.807) is 13.8 Å². The molecule has 0 bridgehead atoms. The summed E-state index contributed by atoms with van der Waals surface area (Å²) in [4.78, 5) is 22.5. The maximum atomic E-state index is 11.2. The highest BCUT2D eigenvalue weighted by Crippen LogP contribution is 2.37. The molecule has 0 saturated heterocycles. The SMILES string of the molecule is CC(=O)c1ccc(C2CCCCC2)c(Cl)c1.CC(=O)c1ccc(C2CCCCC2)c(N)c1. The van der Waals surface area contributed by atoms with E-state index in [1.165, 1.54) is 75.3 Å². The summed E-state index contributed by atoms with van der Waals surface area (Å²) in [6.07, 6.45) is 12.9. The number of anilines is 1. The lowest BCUT2D eigenvalue weighted by atomic mass is 9.83. The molecular formula is C28H36ClNO2. The van der Waals surface area contributed by atoms with Crippen LogP contribution in [-0.2, 0) is 0 Å². The molecule has 0 amide bonds. The van der Waals surface area contributed by atoms with E-state index in [0.29, 0.717) is 17.4 Å². The molecule has 32 heavy (non-hydrogen) atoms. The number of hydrogen-bond acceptors (Lipinski definition) is 3. The maximum absolute atomic E-state index is 11.2. The van der Waals surface area contributed by atoms with Gasteiger partial charge in [-0.3, -0.25) is 9.59 Å². The summed E-state index contributed by atoms with van der Waals surface area (Å²) in [5, 5.41) is 0.764.